The number of anilines is 1. The van der Waals surface area contributed by atoms with Crippen molar-refractivity contribution in [1.82, 2.24) is 10.6 Å². The summed E-state index contributed by atoms with van der Waals surface area (Å²) in [6.07, 6.45) is 0.554. The summed E-state index contributed by atoms with van der Waals surface area (Å²) in [5.41, 5.74) is 8.69. The van der Waals surface area contributed by atoms with Crippen LogP contribution in [0.2, 0.25) is 0 Å². The highest BCUT2D eigenvalue weighted by atomic mass is 16.6. The van der Waals surface area contributed by atoms with Gasteiger partial charge in [0.25, 0.3) is 5.91 Å². The first-order valence-electron chi connectivity index (χ1n) is 9.92. The van der Waals surface area contributed by atoms with Crippen LogP contribution in [0.3, 0.4) is 0 Å². The summed E-state index contributed by atoms with van der Waals surface area (Å²) >= 11 is 0. The van der Waals surface area contributed by atoms with E-state index in [1.807, 2.05) is 24.3 Å². The number of carbonyl (C=O) groups excluding carboxylic acids is 2. The van der Waals surface area contributed by atoms with Crippen molar-refractivity contribution in [3.63, 3.8) is 0 Å². The average molecular weight is 411 g/mol. The van der Waals surface area contributed by atoms with Gasteiger partial charge in [0, 0.05) is 36.5 Å². The number of benzene rings is 2. The van der Waals surface area contributed by atoms with Crippen molar-refractivity contribution in [3.8, 4) is 0 Å². The van der Waals surface area contributed by atoms with Crippen LogP contribution in [0.4, 0.5) is 10.5 Å². The lowest BCUT2D eigenvalue weighted by atomic mass is 10.00. The maximum absolute atomic E-state index is 12.3. The maximum Gasteiger partial charge on any atom is 0.407 e. The summed E-state index contributed by atoms with van der Waals surface area (Å²) in [6, 6.07) is 14.4. The molecule has 0 saturated carbocycles. The molecule has 2 rings (SSSR count). The molecule has 0 saturated heterocycles. The molecule has 7 heteroatoms. The number of nitrogen functional groups attached to an aromatic ring is 1. The normalized spacial score (nSPS) is 10.9. The number of nitrogens with one attached hydrogen (secondary N) is 3. The molecule has 0 heterocycles. The lowest BCUT2D eigenvalue weighted by molar-refractivity contribution is 0.0527. The summed E-state index contributed by atoms with van der Waals surface area (Å²) < 4.78 is 5.15. The van der Waals surface area contributed by atoms with E-state index < -0.39 is 11.7 Å². The summed E-state index contributed by atoms with van der Waals surface area (Å²) in [4.78, 5) is 23.8. The Morgan fingerprint density at radius 2 is 1.57 bits per heavy atom. The molecule has 0 unspecified atom stereocenters. The van der Waals surface area contributed by atoms with Crippen molar-refractivity contribution in [2.75, 3.05) is 18.8 Å². The molecular formula is C23H30N4O3. The van der Waals surface area contributed by atoms with Gasteiger partial charge in [-0.25, -0.2) is 4.79 Å². The molecule has 0 fully saturated rings. The molecule has 2 aromatic carbocycles. The van der Waals surface area contributed by atoms with Gasteiger partial charge in [-0.3, -0.25) is 4.79 Å². The zero-order valence-electron chi connectivity index (χ0n) is 17.7. The molecule has 30 heavy (non-hydrogen) atoms. The first kappa shape index (κ1) is 22.9. The Balaban J connectivity index is 1.76. The number of nitrogens with two attached hydrogens (primary N) is 1. The van der Waals surface area contributed by atoms with Gasteiger partial charge < -0.3 is 26.5 Å². The molecule has 0 bridgehead atoms. The van der Waals surface area contributed by atoms with Gasteiger partial charge in [0.15, 0.2) is 0 Å². The van der Waals surface area contributed by atoms with E-state index in [1.165, 1.54) is 0 Å². The molecule has 0 aromatic heterocycles. The van der Waals surface area contributed by atoms with Gasteiger partial charge in [-0.05, 0) is 56.5 Å². The van der Waals surface area contributed by atoms with E-state index in [9.17, 15) is 9.59 Å². The predicted molar refractivity (Wildman–Crippen MR) is 119 cm³/mol. The minimum Gasteiger partial charge on any atom is -0.444 e. The Morgan fingerprint density at radius 3 is 2.20 bits per heavy atom. The standard InChI is InChI=1S/C23H30N4O3/c1-23(2,3)30-22(29)27-14-6-13-26-21(28)17-11-9-16(10-12-17)20(25)15-18-7-4-5-8-19(18)24/h4-5,7-12,25H,6,13-15,24H2,1-3H3,(H,26,28)(H,27,29). The molecule has 0 aliphatic rings. The first-order valence-corrected chi connectivity index (χ1v) is 9.92. The van der Waals surface area contributed by atoms with E-state index in [0.717, 1.165) is 11.1 Å². The minimum atomic E-state index is -0.533. The number of hydrogen-bond donors (Lipinski definition) is 4. The van der Waals surface area contributed by atoms with Crippen LogP contribution in [0.25, 0.3) is 0 Å². The van der Waals surface area contributed by atoms with Crippen molar-refractivity contribution in [1.29, 1.82) is 5.41 Å². The van der Waals surface area contributed by atoms with Crippen molar-refractivity contribution < 1.29 is 14.3 Å². The fourth-order valence-corrected chi connectivity index (χ4v) is 2.71. The van der Waals surface area contributed by atoms with Gasteiger partial charge >= 0.3 is 6.09 Å². The van der Waals surface area contributed by atoms with Gasteiger partial charge in [-0.1, -0.05) is 30.3 Å². The van der Waals surface area contributed by atoms with Crippen LogP contribution in [0.5, 0.6) is 0 Å². The number of ether oxygens (including phenoxy) is 1. The summed E-state index contributed by atoms with van der Waals surface area (Å²) in [5, 5.41) is 13.8. The number of amides is 2. The SMILES string of the molecule is CC(C)(C)OC(=O)NCCCNC(=O)c1ccc(C(=N)Cc2ccccc2N)cc1. The molecule has 0 aliphatic heterocycles. The molecule has 5 N–H and O–H groups in total. The lowest BCUT2D eigenvalue weighted by Gasteiger charge is -2.19. The number of carbonyl (C=O) groups is 2. The third-order valence-corrected chi connectivity index (χ3v) is 4.23. The van der Waals surface area contributed by atoms with E-state index >= 15 is 0 Å². The average Bonchev–Trinajstić information content (AvgIpc) is 2.68. The Kier molecular flexibility index (Phi) is 7.98. The van der Waals surface area contributed by atoms with Crippen molar-refractivity contribution >= 4 is 23.4 Å². The highest BCUT2D eigenvalue weighted by Gasteiger charge is 2.15. The summed E-state index contributed by atoms with van der Waals surface area (Å²) in [7, 11) is 0. The Bertz CT molecular complexity index is 886. The monoisotopic (exact) mass is 410 g/mol. The second kappa shape index (κ2) is 10.4. The van der Waals surface area contributed by atoms with Gasteiger partial charge in [-0.2, -0.15) is 0 Å². The Morgan fingerprint density at radius 1 is 0.967 bits per heavy atom. The second-order valence-corrected chi connectivity index (χ2v) is 7.97. The molecule has 160 valence electrons. The molecule has 2 amide bonds. The second-order valence-electron chi connectivity index (χ2n) is 7.97. The molecule has 0 spiro atoms. The van der Waals surface area contributed by atoms with Crippen LogP contribution < -0.4 is 16.4 Å². The van der Waals surface area contributed by atoms with E-state index in [0.29, 0.717) is 42.9 Å². The van der Waals surface area contributed by atoms with Crippen LogP contribution in [-0.2, 0) is 11.2 Å². The predicted octanol–water partition coefficient (Wildman–Crippen LogP) is 3.52. The Hall–Kier alpha value is -3.35. The van der Waals surface area contributed by atoms with Crippen LogP contribution in [-0.4, -0.2) is 36.4 Å². The van der Waals surface area contributed by atoms with Crippen molar-refractivity contribution in [2.45, 2.75) is 39.2 Å². The third-order valence-electron chi connectivity index (χ3n) is 4.23. The van der Waals surface area contributed by atoms with Crippen LogP contribution >= 0.6 is 0 Å². The van der Waals surface area contributed by atoms with Crippen LogP contribution in [0.15, 0.2) is 48.5 Å². The maximum atomic E-state index is 12.3. The minimum absolute atomic E-state index is 0.197. The van der Waals surface area contributed by atoms with Crippen LogP contribution in [0, 0.1) is 5.41 Å². The summed E-state index contributed by atoms with van der Waals surface area (Å²) in [5.74, 6) is -0.197. The fourth-order valence-electron chi connectivity index (χ4n) is 2.71. The van der Waals surface area contributed by atoms with Gasteiger partial charge in [-0.15, -0.1) is 0 Å². The summed E-state index contributed by atoms with van der Waals surface area (Å²) in [6.45, 7) is 6.25. The smallest absolute Gasteiger partial charge is 0.407 e. The molecule has 0 atom stereocenters. The van der Waals surface area contributed by atoms with Gasteiger partial charge in [0.05, 0.1) is 0 Å². The third kappa shape index (κ3) is 7.58. The number of alkyl carbamates (subject to hydrolysis) is 1. The van der Waals surface area contributed by atoms with Crippen molar-refractivity contribution in [3.05, 3.63) is 65.2 Å². The molecule has 7 nitrogen and oxygen atoms in total. The highest BCUT2D eigenvalue weighted by Crippen LogP contribution is 2.15. The zero-order valence-corrected chi connectivity index (χ0v) is 17.7. The van der Waals surface area contributed by atoms with Crippen molar-refractivity contribution in [2.24, 2.45) is 0 Å². The van der Waals surface area contributed by atoms with Gasteiger partial charge in [0.2, 0.25) is 0 Å². The number of para-hydroxylation sites is 1. The number of hydrogen-bond acceptors (Lipinski definition) is 5. The molecule has 2 aromatic rings. The van der Waals surface area contributed by atoms with Crippen LogP contribution in [0.1, 0.15) is 48.7 Å². The van der Waals surface area contributed by atoms with E-state index in [2.05, 4.69) is 10.6 Å². The first-order chi connectivity index (χ1) is 14.2. The fraction of sp³-hybridized carbons (Fsp3) is 0.348. The number of rotatable bonds is 8. The van der Waals surface area contributed by atoms with Gasteiger partial charge in [0.1, 0.15) is 5.60 Å². The van der Waals surface area contributed by atoms with E-state index in [1.54, 1.807) is 45.0 Å². The largest absolute Gasteiger partial charge is 0.444 e. The van der Waals surface area contributed by atoms with E-state index in [4.69, 9.17) is 15.9 Å². The topological polar surface area (TPSA) is 117 Å². The molecule has 0 aliphatic carbocycles. The van der Waals surface area contributed by atoms with E-state index in [-0.39, 0.29) is 5.91 Å². The Labute approximate surface area is 177 Å². The highest BCUT2D eigenvalue weighted by molar-refractivity contribution is 6.01. The quantitative estimate of drug-likeness (QED) is 0.302. The zero-order chi connectivity index (χ0) is 22.1. The molecule has 0 radical (unpaired) electrons. The lowest BCUT2D eigenvalue weighted by Crippen LogP contribution is -2.34. The molecular weight excluding hydrogens is 380 g/mol.